The molecule has 0 aliphatic rings. The fourth-order valence-corrected chi connectivity index (χ4v) is 2.57. The highest BCUT2D eigenvalue weighted by Crippen LogP contribution is 2.27. The number of hydrogen-bond donors (Lipinski definition) is 1. The molecule has 1 aromatic heterocycles. The van der Waals surface area contributed by atoms with E-state index in [2.05, 4.69) is 48.8 Å². The van der Waals surface area contributed by atoms with Gasteiger partial charge < -0.3 is 14.6 Å². The second-order valence-electron chi connectivity index (χ2n) is 5.20. The molecule has 0 radical (unpaired) electrons. The molecule has 4 nitrogen and oxygen atoms in total. The maximum atomic E-state index is 5.07. The van der Waals surface area contributed by atoms with Crippen molar-refractivity contribution in [1.82, 2.24) is 9.55 Å². The summed E-state index contributed by atoms with van der Waals surface area (Å²) in [6.07, 6.45) is 5.57. The van der Waals surface area contributed by atoms with E-state index < -0.39 is 0 Å². The lowest BCUT2D eigenvalue weighted by atomic mass is 9.95. The van der Waals surface area contributed by atoms with E-state index in [0.717, 1.165) is 31.2 Å². The second-order valence-corrected chi connectivity index (χ2v) is 5.20. The summed E-state index contributed by atoms with van der Waals surface area (Å²) in [5.74, 6) is 1.70. The molecule has 1 heterocycles. The van der Waals surface area contributed by atoms with Gasteiger partial charge in [-0.25, -0.2) is 4.98 Å². The zero-order chi connectivity index (χ0) is 14.3. The van der Waals surface area contributed by atoms with Crippen LogP contribution in [0.15, 0.2) is 6.20 Å². The van der Waals surface area contributed by atoms with E-state index in [1.165, 1.54) is 12.8 Å². The Morgan fingerprint density at radius 3 is 2.63 bits per heavy atom. The topological polar surface area (TPSA) is 39.1 Å². The lowest BCUT2D eigenvalue weighted by Gasteiger charge is -2.24. The Hall–Kier alpha value is -1.03. The van der Waals surface area contributed by atoms with Crippen molar-refractivity contribution in [3.8, 4) is 0 Å². The summed E-state index contributed by atoms with van der Waals surface area (Å²) in [4.78, 5) is 4.59. The highest BCUT2D eigenvalue weighted by atomic mass is 16.5. The summed E-state index contributed by atoms with van der Waals surface area (Å²) in [6.45, 7) is 10.6. The zero-order valence-electron chi connectivity index (χ0n) is 13.1. The number of ether oxygens (including phenoxy) is 1. The third-order valence-corrected chi connectivity index (χ3v) is 3.83. The number of rotatable bonds is 9. The lowest BCUT2D eigenvalue weighted by molar-refractivity contribution is 0.197. The van der Waals surface area contributed by atoms with Crippen LogP contribution in [0.3, 0.4) is 0 Å². The van der Waals surface area contributed by atoms with E-state index in [1.54, 1.807) is 7.11 Å². The molecule has 1 atom stereocenters. The van der Waals surface area contributed by atoms with Crippen LogP contribution in [0.25, 0.3) is 0 Å². The number of imidazole rings is 1. The lowest BCUT2D eigenvalue weighted by Crippen LogP contribution is -2.18. The van der Waals surface area contributed by atoms with Crippen molar-refractivity contribution in [2.24, 2.45) is 5.92 Å². The fraction of sp³-hybridized carbons (Fsp3) is 0.800. The Morgan fingerprint density at radius 1 is 1.37 bits per heavy atom. The molecule has 0 saturated carbocycles. The minimum Gasteiger partial charge on any atom is -0.385 e. The molecule has 1 unspecified atom stereocenters. The molecule has 0 amide bonds. The van der Waals surface area contributed by atoms with Crippen LogP contribution in [0.1, 0.15) is 51.8 Å². The van der Waals surface area contributed by atoms with Crippen LogP contribution in [0.4, 0.5) is 5.95 Å². The standard InChI is InChI=1S/C15H29N3O/c1-6-14(7-2)13(4)18-11-12(3)17-15(18)16-9-8-10-19-5/h11,13-14H,6-10H2,1-5H3,(H,16,17). The fourth-order valence-electron chi connectivity index (χ4n) is 2.57. The molecular formula is C15H29N3O. The van der Waals surface area contributed by atoms with E-state index in [4.69, 9.17) is 4.74 Å². The van der Waals surface area contributed by atoms with Gasteiger partial charge in [-0.3, -0.25) is 0 Å². The first-order valence-electron chi connectivity index (χ1n) is 7.42. The van der Waals surface area contributed by atoms with Gasteiger partial charge in [0, 0.05) is 32.5 Å². The Kier molecular flexibility index (Phi) is 6.92. The van der Waals surface area contributed by atoms with Gasteiger partial charge in [0.25, 0.3) is 0 Å². The van der Waals surface area contributed by atoms with Gasteiger partial charge in [-0.1, -0.05) is 26.7 Å². The van der Waals surface area contributed by atoms with Gasteiger partial charge in [0.1, 0.15) is 0 Å². The number of nitrogens with one attached hydrogen (secondary N) is 1. The van der Waals surface area contributed by atoms with Gasteiger partial charge in [-0.15, -0.1) is 0 Å². The molecule has 0 bridgehead atoms. The minimum atomic E-state index is 0.487. The van der Waals surface area contributed by atoms with Crippen LogP contribution in [0.2, 0.25) is 0 Å². The molecular weight excluding hydrogens is 238 g/mol. The quantitative estimate of drug-likeness (QED) is 0.694. The van der Waals surface area contributed by atoms with Gasteiger partial charge in [-0.05, 0) is 26.2 Å². The molecule has 0 aromatic carbocycles. The van der Waals surface area contributed by atoms with E-state index >= 15 is 0 Å². The van der Waals surface area contributed by atoms with Crippen LogP contribution in [-0.2, 0) is 4.74 Å². The molecule has 1 aromatic rings. The highest BCUT2D eigenvalue weighted by molar-refractivity contribution is 5.29. The summed E-state index contributed by atoms with van der Waals surface area (Å²) in [5.41, 5.74) is 1.08. The molecule has 1 rings (SSSR count). The monoisotopic (exact) mass is 267 g/mol. The van der Waals surface area contributed by atoms with Crippen molar-refractivity contribution in [3.05, 3.63) is 11.9 Å². The van der Waals surface area contributed by atoms with Crippen molar-refractivity contribution in [2.45, 2.75) is 53.0 Å². The number of anilines is 1. The number of hydrogen-bond acceptors (Lipinski definition) is 3. The van der Waals surface area contributed by atoms with Crippen molar-refractivity contribution < 1.29 is 4.74 Å². The zero-order valence-corrected chi connectivity index (χ0v) is 13.1. The molecule has 0 fully saturated rings. The van der Waals surface area contributed by atoms with Gasteiger partial charge in [-0.2, -0.15) is 0 Å². The number of nitrogens with zero attached hydrogens (tertiary/aromatic N) is 2. The van der Waals surface area contributed by atoms with Crippen molar-refractivity contribution >= 4 is 5.95 Å². The Balaban J connectivity index is 2.71. The SMILES string of the molecule is CCC(CC)C(C)n1cc(C)nc1NCCCOC. The van der Waals surface area contributed by atoms with E-state index in [0.29, 0.717) is 12.0 Å². The van der Waals surface area contributed by atoms with E-state index in [1.807, 2.05) is 0 Å². The maximum Gasteiger partial charge on any atom is 0.203 e. The van der Waals surface area contributed by atoms with Gasteiger partial charge >= 0.3 is 0 Å². The Morgan fingerprint density at radius 2 is 2.05 bits per heavy atom. The van der Waals surface area contributed by atoms with Crippen molar-refractivity contribution in [2.75, 3.05) is 25.6 Å². The summed E-state index contributed by atoms with van der Waals surface area (Å²) in [6, 6.07) is 0.487. The predicted molar refractivity (Wildman–Crippen MR) is 80.7 cm³/mol. The number of methoxy groups -OCH3 is 1. The van der Waals surface area contributed by atoms with Crippen LogP contribution in [-0.4, -0.2) is 29.8 Å². The summed E-state index contributed by atoms with van der Waals surface area (Å²) in [5, 5.41) is 3.42. The van der Waals surface area contributed by atoms with Crippen LogP contribution in [0.5, 0.6) is 0 Å². The van der Waals surface area contributed by atoms with Gasteiger partial charge in [0.2, 0.25) is 5.95 Å². The average molecular weight is 267 g/mol. The van der Waals surface area contributed by atoms with Crippen LogP contribution in [0, 0.1) is 12.8 Å². The number of aromatic nitrogens is 2. The maximum absolute atomic E-state index is 5.07. The molecule has 0 aliphatic heterocycles. The molecule has 0 spiro atoms. The molecule has 0 aliphatic carbocycles. The Labute approximate surface area is 117 Å². The molecule has 19 heavy (non-hydrogen) atoms. The van der Waals surface area contributed by atoms with Crippen molar-refractivity contribution in [3.63, 3.8) is 0 Å². The third-order valence-electron chi connectivity index (χ3n) is 3.83. The van der Waals surface area contributed by atoms with E-state index in [-0.39, 0.29) is 0 Å². The average Bonchev–Trinajstić information content (AvgIpc) is 2.77. The minimum absolute atomic E-state index is 0.487. The predicted octanol–water partition coefficient (Wildman–Crippen LogP) is 3.64. The van der Waals surface area contributed by atoms with Crippen LogP contribution >= 0.6 is 0 Å². The smallest absolute Gasteiger partial charge is 0.203 e. The largest absolute Gasteiger partial charge is 0.385 e. The number of aryl methyl sites for hydroxylation is 1. The first-order valence-corrected chi connectivity index (χ1v) is 7.42. The van der Waals surface area contributed by atoms with E-state index in [9.17, 15) is 0 Å². The third kappa shape index (κ3) is 4.53. The summed E-state index contributed by atoms with van der Waals surface area (Å²) in [7, 11) is 1.74. The van der Waals surface area contributed by atoms with Crippen LogP contribution < -0.4 is 5.32 Å². The first kappa shape index (κ1) is 16.0. The Bertz CT molecular complexity index is 358. The second kappa shape index (κ2) is 8.20. The molecule has 4 heteroatoms. The normalized spacial score (nSPS) is 12.9. The summed E-state index contributed by atoms with van der Waals surface area (Å²) >= 11 is 0. The first-order chi connectivity index (χ1) is 9.13. The van der Waals surface area contributed by atoms with Gasteiger partial charge in [0.05, 0.1) is 5.69 Å². The molecule has 1 N–H and O–H groups in total. The highest BCUT2D eigenvalue weighted by Gasteiger charge is 2.18. The van der Waals surface area contributed by atoms with Gasteiger partial charge in [0.15, 0.2) is 0 Å². The summed E-state index contributed by atoms with van der Waals surface area (Å²) < 4.78 is 7.36. The molecule has 0 saturated heterocycles. The van der Waals surface area contributed by atoms with Crippen molar-refractivity contribution in [1.29, 1.82) is 0 Å². The molecule has 110 valence electrons.